The molecule has 8 heteroatoms. The van der Waals surface area contributed by atoms with E-state index in [-0.39, 0.29) is 11.7 Å². The molecule has 0 spiro atoms. The number of carbonyl (C=O) groups excluding carboxylic acids is 1. The average Bonchev–Trinajstić information content (AvgIpc) is 3.24. The highest BCUT2D eigenvalue weighted by Crippen LogP contribution is 2.41. The molecular weight excluding hydrogens is 431 g/mol. The predicted octanol–water partition coefficient (Wildman–Crippen LogP) is 4.63. The molecule has 1 saturated carbocycles. The van der Waals surface area contributed by atoms with E-state index in [1.165, 1.54) is 19.2 Å². The maximum atomic E-state index is 15.4. The topological polar surface area (TPSA) is 88.5 Å². The second-order valence-electron chi connectivity index (χ2n) is 9.79. The molecule has 34 heavy (non-hydrogen) atoms. The highest BCUT2D eigenvalue weighted by molar-refractivity contribution is 6.27. The molecule has 1 aliphatic heterocycles. The zero-order chi connectivity index (χ0) is 23.7. The molecule has 0 saturated heterocycles. The molecule has 2 aromatic heterocycles. The molecule has 5 rings (SSSR count). The number of aryl methyl sites for hydroxylation is 1. The van der Waals surface area contributed by atoms with Crippen LogP contribution >= 0.6 is 0 Å². The summed E-state index contributed by atoms with van der Waals surface area (Å²) in [7, 11) is 0. The summed E-state index contributed by atoms with van der Waals surface area (Å²) in [5.41, 5.74) is 2.41. The van der Waals surface area contributed by atoms with E-state index in [2.05, 4.69) is 27.4 Å². The van der Waals surface area contributed by atoms with E-state index in [0.717, 1.165) is 43.4 Å². The van der Waals surface area contributed by atoms with Gasteiger partial charge in [0, 0.05) is 24.7 Å². The quantitative estimate of drug-likeness (QED) is 0.454. The Morgan fingerprint density at radius 2 is 2.09 bits per heavy atom. The van der Waals surface area contributed by atoms with E-state index in [9.17, 15) is 4.79 Å². The fourth-order valence-corrected chi connectivity index (χ4v) is 4.83. The van der Waals surface area contributed by atoms with Crippen molar-refractivity contribution >= 4 is 17.1 Å². The van der Waals surface area contributed by atoms with Crippen LogP contribution in [0.3, 0.4) is 0 Å². The zero-order valence-corrected chi connectivity index (χ0v) is 19.8. The van der Waals surface area contributed by atoms with Crippen LogP contribution in [-0.4, -0.2) is 30.9 Å². The van der Waals surface area contributed by atoms with E-state index in [4.69, 9.17) is 5.10 Å². The van der Waals surface area contributed by atoms with Gasteiger partial charge >= 0.3 is 0 Å². The van der Waals surface area contributed by atoms with Crippen molar-refractivity contribution in [2.75, 3.05) is 0 Å². The van der Waals surface area contributed by atoms with Crippen molar-refractivity contribution < 1.29 is 9.18 Å². The Morgan fingerprint density at radius 3 is 2.79 bits per heavy atom. The lowest BCUT2D eigenvalue weighted by atomic mass is 9.79. The highest BCUT2D eigenvalue weighted by Gasteiger charge is 2.41. The van der Waals surface area contributed by atoms with Gasteiger partial charge in [0.2, 0.25) is 0 Å². The summed E-state index contributed by atoms with van der Waals surface area (Å²) in [5, 5.41) is 15.8. The maximum absolute atomic E-state index is 15.4. The summed E-state index contributed by atoms with van der Waals surface area (Å²) in [5.74, 6) is 0.459. The number of hydrogen-bond donors (Lipinski definition) is 2. The number of amides is 1. The molecule has 3 aromatic rings. The Hall–Kier alpha value is -3.29. The van der Waals surface area contributed by atoms with E-state index >= 15 is 4.39 Å². The van der Waals surface area contributed by atoms with Crippen LogP contribution < -0.4 is 5.32 Å². The Labute approximate surface area is 198 Å². The van der Waals surface area contributed by atoms with Crippen LogP contribution in [0.5, 0.6) is 0 Å². The first-order valence-electron chi connectivity index (χ1n) is 12.2. The number of benzene rings is 1. The van der Waals surface area contributed by atoms with Crippen molar-refractivity contribution in [2.24, 2.45) is 5.92 Å². The van der Waals surface area contributed by atoms with Gasteiger partial charge in [0.1, 0.15) is 12.1 Å². The summed E-state index contributed by atoms with van der Waals surface area (Å²) in [6, 6.07) is 7.34. The van der Waals surface area contributed by atoms with Crippen LogP contribution in [0.2, 0.25) is 0 Å². The second-order valence-corrected chi connectivity index (χ2v) is 9.79. The van der Waals surface area contributed by atoms with Crippen LogP contribution in [0.4, 0.5) is 4.39 Å². The first-order valence-corrected chi connectivity index (χ1v) is 12.2. The summed E-state index contributed by atoms with van der Waals surface area (Å²) in [6.07, 6.45) is 10.4. The molecule has 3 heterocycles. The lowest BCUT2D eigenvalue weighted by Crippen LogP contribution is -2.48. The average molecular weight is 463 g/mol. The van der Waals surface area contributed by atoms with Gasteiger partial charge in [0.15, 0.2) is 5.82 Å². The minimum atomic E-state index is -0.914. The van der Waals surface area contributed by atoms with Crippen molar-refractivity contribution in [3.05, 3.63) is 65.3 Å². The van der Waals surface area contributed by atoms with Gasteiger partial charge in [-0.3, -0.25) is 9.48 Å². The predicted molar refractivity (Wildman–Crippen MR) is 128 cm³/mol. The number of rotatable bonds is 9. The first-order chi connectivity index (χ1) is 16.5. The third kappa shape index (κ3) is 4.54. The van der Waals surface area contributed by atoms with Crippen LogP contribution in [0.25, 0.3) is 11.1 Å². The Kier molecular flexibility index (Phi) is 6.06. The standard InChI is InChI=1S/C26H31FN6O/c1-3-4-5-6-17-9-10-20(21(27)13-17)26(2)14-19(22-11-12-33(32-22)15-18-7-8-18)23(25(34)30-26)24-28-16-29-31-24/h9-13,16,18H,3-8,14-15H2,1-2H3,(H,30,34)(H,28,29,31)/t26-/m0/s1. The molecule has 1 atom stereocenters. The van der Waals surface area contributed by atoms with Crippen molar-refractivity contribution in [1.29, 1.82) is 0 Å². The van der Waals surface area contributed by atoms with Gasteiger partial charge in [-0.05, 0) is 61.8 Å². The molecule has 1 fully saturated rings. The van der Waals surface area contributed by atoms with E-state index in [0.29, 0.717) is 35.0 Å². The molecule has 1 amide bonds. The maximum Gasteiger partial charge on any atom is 0.256 e. The number of H-pyrrole nitrogens is 1. The molecule has 1 aromatic carbocycles. The molecular formula is C26H31FN6O. The summed E-state index contributed by atoms with van der Waals surface area (Å²) >= 11 is 0. The van der Waals surface area contributed by atoms with Gasteiger partial charge < -0.3 is 10.3 Å². The van der Waals surface area contributed by atoms with E-state index < -0.39 is 5.54 Å². The van der Waals surface area contributed by atoms with Crippen LogP contribution in [-0.2, 0) is 23.3 Å². The molecule has 1 aliphatic carbocycles. The van der Waals surface area contributed by atoms with Crippen LogP contribution in [0.1, 0.15) is 75.0 Å². The smallest absolute Gasteiger partial charge is 0.256 e. The largest absolute Gasteiger partial charge is 0.342 e. The number of carbonyl (C=O) groups is 1. The molecule has 2 aliphatic rings. The van der Waals surface area contributed by atoms with Crippen molar-refractivity contribution in [2.45, 2.75) is 70.9 Å². The lowest BCUT2D eigenvalue weighted by Gasteiger charge is -2.37. The molecule has 0 radical (unpaired) electrons. The Morgan fingerprint density at radius 1 is 1.24 bits per heavy atom. The van der Waals surface area contributed by atoms with E-state index in [1.807, 2.05) is 36.0 Å². The van der Waals surface area contributed by atoms with Crippen molar-refractivity contribution in [3.8, 4) is 0 Å². The van der Waals surface area contributed by atoms with Crippen molar-refractivity contribution in [1.82, 2.24) is 30.3 Å². The Bertz CT molecular complexity index is 1210. The monoisotopic (exact) mass is 462 g/mol. The van der Waals surface area contributed by atoms with Gasteiger partial charge in [-0.2, -0.15) is 5.10 Å². The minimum absolute atomic E-state index is 0.293. The fourth-order valence-electron chi connectivity index (χ4n) is 4.83. The molecule has 0 bridgehead atoms. The number of halogens is 1. The van der Waals surface area contributed by atoms with Crippen LogP contribution in [0, 0.1) is 11.7 Å². The third-order valence-electron chi connectivity index (χ3n) is 6.89. The van der Waals surface area contributed by atoms with Gasteiger partial charge in [-0.1, -0.05) is 31.9 Å². The minimum Gasteiger partial charge on any atom is -0.342 e. The molecule has 2 N–H and O–H groups in total. The number of aromatic amines is 1. The van der Waals surface area contributed by atoms with Gasteiger partial charge in [-0.25, -0.2) is 4.39 Å². The fraction of sp³-hybridized carbons (Fsp3) is 0.462. The highest BCUT2D eigenvalue weighted by atomic mass is 19.1. The van der Waals surface area contributed by atoms with Crippen LogP contribution in [0.15, 0.2) is 36.8 Å². The number of nitrogens with zero attached hydrogens (tertiary/aromatic N) is 4. The number of hydrogen-bond acceptors (Lipinski definition) is 4. The van der Waals surface area contributed by atoms with Gasteiger partial charge in [-0.15, -0.1) is 10.2 Å². The van der Waals surface area contributed by atoms with Crippen molar-refractivity contribution in [3.63, 3.8) is 0 Å². The van der Waals surface area contributed by atoms with E-state index in [1.54, 1.807) is 6.07 Å². The van der Waals surface area contributed by atoms with Gasteiger partial charge in [0.05, 0.1) is 16.8 Å². The number of nitrogens with one attached hydrogen (secondary N) is 2. The first kappa shape index (κ1) is 22.5. The molecule has 178 valence electrons. The SMILES string of the molecule is CCCCCc1ccc([C@]2(C)CC(c3ccn(CC4CC4)n3)=C(c3nnc[nH]3)C(=O)N2)c(F)c1. The van der Waals surface area contributed by atoms with Gasteiger partial charge in [0.25, 0.3) is 5.91 Å². The number of unbranched alkanes of at least 4 members (excludes halogenated alkanes) is 2. The molecule has 0 unspecified atom stereocenters. The summed E-state index contributed by atoms with van der Waals surface area (Å²) in [6.45, 7) is 4.91. The molecule has 7 nitrogen and oxygen atoms in total. The Balaban J connectivity index is 1.50. The third-order valence-corrected chi connectivity index (χ3v) is 6.89. The number of aromatic nitrogens is 5. The normalized spacial score (nSPS) is 20.6. The lowest BCUT2D eigenvalue weighted by molar-refractivity contribution is -0.117. The zero-order valence-electron chi connectivity index (χ0n) is 19.8. The summed E-state index contributed by atoms with van der Waals surface area (Å²) < 4.78 is 17.3. The summed E-state index contributed by atoms with van der Waals surface area (Å²) in [4.78, 5) is 16.3. The second kappa shape index (κ2) is 9.16.